The molecule has 5 nitrogen and oxygen atoms in total. The van der Waals surface area contributed by atoms with Crippen LogP contribution < -0.4 is 14.5 Å². The van der Waals surface area contributed by atoms with Crippen molar-refractivity contribution in [1.82, 2.24) is 9.55 Å². The first kappa shape index (κ1) is 41.9. The Morgan fingerprint density at radius 3 is 1.88 bits per heavy atom. The number of hydrogen-bond donors (Lipinski definition) is 0. The van der Waals surface area contributed by atoms with Crippen molar-refractivity contribution in [2.75, 3.05) is 9.80 Å². The van der Waals surface area contributed by atoms with E-state index in [1.54, 1.807) is 12.3 Å². The van der Waals surface area contributed by atoms with E-state index in [1.807, 2.05) is 47.0 Å². The second-order valence-corrected chi connectivity index (χ2v) is 19.6. The zero-order valence-electron chi connectivity index (χ0n) is 42.5. The van der Waals surface area contributed by atoms with Gasteiger partial charge < -0.3 is 19.1 Å². The van der Waals surface area contributed by atoms with Crippen LogP contribution in [0.15, 0.2) is 188 Å². The van der Waals surface area contributed by atoms with Crippen molar-refractivity contribution in [2.45, 2.75) is 59.2 Å². The number of aromatic nitrogens is 2. The number of hydrogen-bond acceptors (Lipinski definition) is 4. The molecule has 0 amide bonds. The van der Waals surface area contributed by atoms with Gasteiger partial charge in [0.15, 0.2) is 0 Å². The molecule has 0 atom stereocenters. The second-order valence-electron chi connectivity index (χ2n) is 19.6. The topological polar surface area (TPSA) is 33.5 Å². The van der Waals surface area contributed by atoms with Crippen molar-refractivity contribution in [3.05, 3.63) is 224 Å². The standard InChI is InChI=1S/C63H53N4O.Pt/c1-42-33-34-64-60(35-42)67-56-24-12-11-21-54(56)55-32-31-51(40-59(55)67)68-50-20-15-19-49(39-50)65-41-66(58-26-14-13-25-57(58)65)61-52(45-29-27-44(28-30-45)43-17-9-8-10-18-43)22-16-23-53(61)46-36-47(62(2,3)4)38-48(37-46)63(5,6)7;/h8-38,41H,1-7H3;/q-3;/i1D3;. The minimum absolute atomic E-state index is 0. The smallest absolute Gasteiger partial charge is 0.135 e. The van der Waals surface area contributed by atoms with Gasteiger partial charge in [-0.3, -0.25) is 0 Å². The maximum absolute atomic E-state index is 8.08. The Morgan fingerprint density at radius 1 is 0.536 bits per heavy atom. The van der Waals surface area contributed by atoms with E-state index in [4.69, 9.17) is 8.85 Å². The summed E-state index contributed by atoms with van der Waals surface area (Å²) in [6.45, 7) is 13.6. The van der Waals surface area contributed by atoms with Gasteiger partial charge in [0.1, 0.15) is 5.82 Å². The summed E-state index contributed by atoms with van der Waals surface area (Å²) in [4.78, 5) is 9.15. The summed E-state index contributed by atoms with van der Waals surface area (Å²) in [7, 11) is 0. The van der Waals surface area contributed by atoms with Crippen molar-refractivity contribution in [1.29, 1.82) is 0 Å². The van der Waals surface area contributed by atoms with Gasteiger partial charge >= 0.3 is 0 Å². The number of benzene rings is 8. The van der Waals surface area contributed by atoms with Gasteiger partial charge in [-0.15, -0.1) is 48.1 Å². The predicted octanol–water partition coefficient (Wildman–Crippen LogP) is 16.9. The molecular formula is C63H53N4OPt-3. The molecule has 0 saturated carbocycles. The largest absolute Gasteiger partial charge is 0.509 e. The molecule has 0 aliphatic carbocycles. The molecule has 0 fully saturated rings. The number of para-hydroxylation sites is 4. The van der Waals surface area contributed by atoms with E-state index in [2.05, 4.69) is 203 Å². The zero-order valence-corrected chi connectivity index (χ0v) is 41.8. The van der Waals surface area contributed by atoms with Gasteiger partial charge in [-0.25, -0.2) is 4.98 Å². The summed E-state index contributed by atoms with van der Waals surface area (Å²) in [5.74, 6) is 1.49. The molecule has 0 radical (unpaired) electrons. The molecule has 0 bridgehead atoms. The van der Waals surface area contributed by atoms with E-state index in [0.717, 1.165) is 61.2 Å². The van der Waals surface area contributed by atoms with Gasteiger partial charge in [0.25, 0.3) is 0 Å². The summed E-state index contributed by atoms with van der Waals surface area (Å²) in [6, 6.07) is 69.9. The molecule has 11 rings (SSSR count). The van der Waals surface area contributed by atoms with Crippen LogP contribution in [0.5, 0.6) is 11.5 Å². The van der Waals surface area contributed by atoms with Crippen LogP contribution in [-0.2, 0) is 31.9 Å². The first-order valence-corrected chi connectivity index (χ1v) is 23.2. The average Bonchev–Trinajstić information content (AvgIpc) is 3.92. The first-order chi connectivity index (χ1) is 34.1. The molecule has 2 aromatic heterocycles. The van der Waals surface area contributed by atoms with Crippen LogP contribution in [0.4, 0.5) is 22.7 Å². The SMILES string of the molecule is [2H]C([2H])([2H])c1ccnc(-n2c3[c-]c(Oc4[c-]c(N5[CH-]N(c6c(-c7ccc(-c8ccccc8)cc7)cccc6-c6cc(C(C)(C)C)cc(C(C)(C)C)c6)c6ccccc65)ccc4)ccc3c3ccccc32)c1.[Pt]. The molecule has 10 aromatic rings. The van der Waals surface area contributed by atoms with Crippen molar-refractivity contribution in [3.63, 3.8) is 0 Å². The molecule has 6 heteroatoms. The number of anilines is 4. The van der Waals surface area contributed by atoms with Crippen LogP contribution in [-0.4, -0.2) is 9.55 Å². The molecular weight excluding hydrogens is 1020 g/mol. The Hall–Kier alpha value is -7.20. The number of nitrogens with zero attached hydrogens (tertiary/aromatic N) is 4. The van der Waals surface area contributed by atoms with Gasteiger partial charge in [-0.1, -0.05) is 168 Å². The number of fused-ring (bicyclic) bond motifs is 4. The zero-order chi connectivity index (χ0) is 49.2. The van der Waals surface area contributed by atoms with Crippen molar-refractivity contribution >= 4 is 44.6 Å². The molecule has 0 saturated heterocycles. The molecule has 0 N–H and O–H groups in total. The molecule has 344 valence electrons. The third kappa shape index (κ3) is 8.66. The minimum atomic E-state index is -2.28. The summed E-state index contributed by atoms with van der Waals surface area (Å²) >= 11 is 0. The molecule has 1 aliphatic rings. The fourth-order valence-electron chi connectivity index (χ4n) is 9.34. The van der Waals surface area contributed by atoms with Crippen LogP contribution in [0.25, 0.3) is 61.0 Å². The molecule has 0 spiro atoms. The van der Waals surface area contributed by atoms with E-state index in [-0.39, 0.29) is 37.5 Å². The van der Waals surface area contributed by atoms with Crippen molar-refractivity contribution < 1.29 is 29.9 Å². The molecule has 8 aromatic carbocycles. The van der Waals surface area contributed by atoms with E-state index in [0.29, 0.717) is 17.3 Å². The number of pyridine rings is 1. The summed E-state index contributed by atoms with van der Waals surface area (Å²) < 4.78 is 32.8. The van der Waals surface area contributed by atoms with Crippen molar-refractivity contribution in [3.8, 4) is 50.7 Å². The Labute approximate surface area is 425 Å². The first-order valence-electron chi connectivity index (χ1n) is 24.7. The Morgan fingerprint density at radius 2 is 1.16 bits per heavy atom. The molecule has 1 aliphatic heterocycles. The predicted molar refractivity (Wildman–Crippen MR) is 283 cm³/mol. The van der Waals surface area contributed by atoms with Crippen LogP contribution in [0, 0.1) is 25.7 Å². The van der Waals surface area contributed by atoms with E-state index < -0.39 is 6.85 Å². The maximum atomic E-state index is 8.08. The summed E-state index contributed by atoms with van der Waals surface area (Å²) in [6.07, 6.45) is 1.54. The van der Waals surface area contributed by atoms with Crippen LogP contribution >= 0.6 is 0 Å². The Kier molecular flexibility index (Phi) is 11.0. The van der Waals surface area contributed by atoms with Gasteiger partial charge in [-0.2, -0.15) is 12.1 Å². The van der Waals surface area contributed by atoms with E-state index >= 15 is 0 Å². The fraction of sp³-hybridized carbons (Fsp3) is 0.143. The summed E-state index contributed by atoms with van der Waals surface area (Å²) in [5, 5.41) is 1.94. The molecule has 3 heterocycles. The summed E-state index contributed by atoms with van der Waals surface area (Å²) in [5.41, 5.74) is 15.0. The van der Waals surface area contributed by atoms with Gasteiger partial charge in [-0.05, 0) is 92.3 Å². The minimum Gasteiger partial charge on any atom is -0.509 e. The van der Waals surface area contributed by atoms with E-state index in [9.17, 15) is 0 Å². The van der Waals surface area contributed by atoms with Crippen LogP contribution in [0.2, 0.25) is 0 Å². The Bertz CT molecular complexity index is 3590. The number of aryl methyl sites for hydroxylation is 1. The maximum Gasteiger partial charge on any atom is 0.135 e. The third-order valence-corrected chi connectivity index (χ3v) is 13.0. The van der Waals surface area contributed by atoms with Crippen molar-refractivity contribution in [2.24, 2.45) is 0 Å². The Balaban J connectivity index is 0.00000596. The second kappa shape index (κ2) is 18.0. The fourth-order valence-corrected chi connectivity index (χ4v) is 9.34. The van der Waals surface area contributed by atoms with E-state index in [1.165, 1.54) is 33.9 Å². The average molecular weight is 1080 g/mol. The van der Waals surface area contributed by atoms with Gasteiger partial charge in [0, 0.05) is 76.6 Å². The van der Waals surface area contributed by atoms with Crippen LogP contribution in [0.1, 0.15) is 62.3 Å². The van der Waals surface area contributed by atoms with Gasteiger partial charge in [0.05, 0.1) is 0 Å². The van der Waals surface area contributed by atoms with Crippen LogP contribution in [0.3, 0.4) is 0 Å². The normalized spacial score (nSPS) is 13.4. The quantitative estimate of drug-likeness (QED) is 0.142. The van der Waals surface area contributed by atoms with Gasteiger partial charge in [0.2, 0.25) is 0 Å². The third-order valence-electron chi connectivity index (χ3n) is 13.0. The molecule has 69 heavy (non-hydrogen) atoms. The molecule has 0 unspecified atom stereocenters. The monoisotopic (exact) mass is 1080 g/mol. The number of ether oxygens (including phenoxy) is 1. The number of rotatable bonds is 8.